The molecule has 1 rings (SSSR count). The number of nitrogens with one attached hydrogen (secondary N) is 1. The van der Waals surface area contributed by atoms with Crippen LogP contribution in [0.1, 0.15) is 33.6 Å². The summed E-state index contributed by atoms with van der Waals surface area (Å²) >= 11 is 3.25. The van der Waals surface area contributed by atoms with Gasteiger partial charge in [-0.2, -0.15) is 0 Å². The van der Waals surface area contributed by atoms with Gasteiger partial charge in [-0.3, -0.25) is 4.79 Å². The molecule has 1 aromatic rings. The first kappa shape index (κ1) is 15.0. The predicted octanol–water partition coefficient (Wildman–Crippen LogP) is 2.92. The minimum absolute atomic E-state index is 0.0911. The van der Waals surface area contributed by atoms with Crippen molar-refractivity contribution in [3.05, 3.63) is 22.9 Å². The van der Waals surface area contributed by atoms with E-state index < -0.39 is 6.10 Å². The summed E-state index contributed by atoms with van der Waals surface area (Å²) < 4.78 is 6.27. The molecule has 1 N–H and O–H groups in total. The first-order valence-electron chi connectivity index (χ1n) is 6.15. The first-order valence-corrected chi connectivity index (χ1v) is 6.94. The molecule has 0 saturated carbocycles. The summed E-state index contributed by atoms with van der Waals surface area (Å²) in [6, 6.07) is 3.77. The molecule has 0 spiro atoms. The minimum atomic E-state index is -0.520. The summed E-state index contributed by atoms with van der Waals surface area (Å²) in [6.45, 7) is 5.84. The van der Waals surface area contributed by atoms with Gasteiger partial charge in [0.2, 0.25) is 0 Å². The Morgan fingerprint density at radius 3 is 2.61 bits per heavy atom. The quantitative estimate of drug-likeness (QED) is 0.821. The van der Waals surface area contributed by atoms with E-state index in [2.05, 4.69) is 40.1 Å². The summed E-state index contributed by atoms with van der Waals surface area (Å²) in [5.74, 6) is 0.497. The van der Waals surface area contributed by atoms with Crippen LogP contribution < -0.4 is 10.1 Å². The van der Waals surface area contributed by atoms with Crippen LogP contribution in [0, 0.1) is 0 Å². The maximum absolute atomic E-state index is 11.9. The van der Waals surface area contributed by atoms with Gasteiger partial charge in [-0.15, -0.1) is 0 Å². The normalized spacial score (nSPS) is 12.3. The van der Waals surface area contributed by atoms with Crippen molar-refractivity contribution in [2.45, 2.75) is 45.8 Å². The largest absolute Gasteiger partial charge is 0.479 e. The molecule has 0 aliphatic rings. The molecule has 0 bridgehead atoms. The van der Waals surface area contributed by atoms with E-state index in [-0.39, 0.29) is 11.9 Å². The molecule has 1 amide bonds. The van der Waals surface area contributed by atoms with Gasteiger partial charge < -0.3 is 10.1 Å². The highest BCUT2D eigenvalue weighted by atomic mass is 79.9. The maximum atomic E-state index is 11.9. The van der Waals surface area contributed by atoms with Crippen LogP contribution >= 0.6 is 15.9 Å². The zero-order valence-corrected chi connectivity index (χ0v) is 12.5. The third-order valence-corrected chi connectivity index (χ3v) is 3.18. The Bertz CT molecular complexity index is 377. The Hall–Kier alpha value is -1.10. The number of nitrogens with zero attached hydrogens (tertiary/aromatic N) is 1. The number of hydrogen-bond donors (Lipinski definition) is 1. The van der Waals surface area contributed by atoms with Gasteiger partial charge in [-0.25, -0.2) is 4.98 Å². The van der Waals surface area contributed by atoms with Gasteiger partial charge in [0.1, 0.15) is 10.4 Å². The third-order valence-electron chi connectivity index (χ3n) is 2.71. The Morgan fingerprint density at radius 1 is 1.44 bits per heavy atom. The number of carbonyl (C=O) groups is 1. The Labute approximate surface area is 116 Å². The summed E-state index contributed by atoms with van der Waals surface area (Å²) in [5, 5.41) is 2.95. The zero-order valence-electron chi connectivity index (χ0n) is 10.9. The van der Waals surface area contributed by atoms with E-state index in [0.29, 0.717) is 5.75 Å². The van der Waals surface area contributed by atoms with Crippen LogP contribution in [-0.4, -0.2) is 23.0 Å². The molecule has 0 fully saturated rings. The Balaban J connectivity index is 2.51. The number of halogens is 1. The van der Waals surface area contributed by atoms with Crippen molar-refractivity contribution in [3.63, 3.8) is 0 Å². The third kappa shape index (κ3) is 4.64. The van der Waals surface area contributed by atoms with Crippen LogP contribution in [0.5, 0.6) is 5.75 Å². The zero-order chi connectivity index (χ0) is 13.5. The number of aromatic nitrogens is 1. The van der Waals surface area contributed by atoms with Gasteiger partial charge in [0.15, 0.2) is 6.10 Å². The van der Waals surface area contributed by atoms with Crippen LogP contribution in [0.3, 0.4) is 0 Å². The number of rotatable bonds is 6. The topological polar surface area (TPSA) is 51.2 Å². The summed E-state index contributed by atoms with van der Waals surface area (Å²) in [5.41, 5.74) is 0. The fraction of sp³-hybridized carbons (Fsp3) is 0.538. The van der Waals surface area contributed by atoms with Gasteiger partial charge >= 0.3 is 0 Å². The molecule has 0 saturated heterocycles. The van der Waals surface area contributed by atoms with Crippen LogP contribution in [0.2, 0.25) is 0 Å². The van der Waals surface area contributed by atoms with Gasteiger partial charge in [0, 0.05) is 6.04 Å². The van der Waals surface area contributed by atoms with Crippen LogP contribution in [0.4, 0.5) is 0 Å². The van der Waals surface area contributed by atoms with Gasteiger partial charge in [-0.05, 0) is 47.8 Å². The lowest BCUT2D eigenvalue weighted by Crippen LogP contribution is -2.42. The second kappa shape index (κ2) is 7.36. The van der Waals surface area contributed by atoms with E-state index in [4.69, 9.17) is 4.74 Å². The van der Waals surface area contributed by atoms with E-state index in [1.165, 1.54) is 0 Å². The lowest BCUT2D eigenvalue weighted by atomic mass is 10.1. The fourth-order valence-electron chi connectivity index (χ4n) is 1.50. The summed E-state index contributed by atoms with van der Waals surface area (Å²) in [4.78, 5) is 15.9. The molecule has 18 heavy (non-hydrogen) atoms. The van der Waals surface area contributed by atoms with E-state index >= 15 is 0 Å². The second-order valence-electron chi connectivity index (χ2n) is 4.10. The lowest BCUT2D eigenvalue weighted by Gasteiger charge is -2.19. The highest BCUT2D eigenvalue weighted by Crippen LogP contribution is 2.14. The number of pyridine rings is 1. The van der Waals surface area contributed by atoms with Crippen LogP contribution in [0.25, 0.3) is 0 Å². The number of hydrogen-bond acceptors (Lipinski definition) is 3. The molecule has 1 atom stereocenters. The molecule has 0 aromatic carbocycles. The Kier molecular flexibility index (Phi) is 6.12. The predicted molar refractivity (Wildman–Crippen MR) is 74.5 cm³/mol. The fourth-order valence-corrected chi connectivity index (χ4v) is 1.74. The van der Waals surface area contributed by atoms with Crippen LogP contribution in [-0.2, 0) is 4.79 Å². The number of carbonyl (C=O) groups excluding carboxylic acids is 1. The van der Waals surface area contributed by atoms with Crippen molar-refractivity contribution in [2.75, 3.05) is 0 Å². The molecule has 4 nitrogen and oxygen atoms in total. The molecular weight excluding hydrogens is 296 g/mol. The van der Waals surface area contributed by atoms with Crippen molar-refractivity contribution in [2.24, 2.45) is 0 Å². The first-order chi connectivity index (χ1) is 8.56. The molecule has 1 unspecified atom stereocenters. The highest BCUT2D eigenvalue weighted by molar-refractivity contribution is 9.10. The summed E-state index contributed by atoms with van der Waals surface area (Å²) in [6.07, 6.45) is 2.92. The smallest absolute Gasteiger partial charge is 0.260 e. The molecule has 100 valence electrons. The molecular formula is C13H19BrN2O2. The average molecular weight is 315 g/mol. The van der Waals surface area contributed by atoms with Crippen molar-refractivity contribution in [1.82, 2.24) is 10.3 Å². The molecule has 1 heterocycles. The Morgan fingerprint density at radius 2 is 2.11 bits per heavy atom. The minimum Gasteiger partial charge on any atom is -0.479 e. The second-order valence-corrected chi connectivity index (χ2v) is 4.91. The monoisotopic (exact) mass is 314 g/mol. The van der Waals surface area contributed by atoms with E-state index in [1.54, 1.807) is 25.3 Å². The van der Waals surface area contributed by atoms with Gasteiger partial charge in [0.05, 0.1) is 6.20 Å². The van der Waals surface area contributed by atoms with E-state index in [1.807, 2.05) is 0 Å². The molecule has 0 aliphatic heterocycles. The van der Waals surface area contributed by atoms with E-state index in [9.17, 15) is 4.79 Å². The van der Waals surface area contributed by atoms with Crippen molar-refractivity contribution >= 4 is 21.8 Å². The van der Waals surface area contributed by atoms with Crippen LogP contribution in [0.15, 0.2) is 22.9 Å². The van der Waals surface area contributed by atoms with Crippen molar-refractivity contribution in [1.29, 1.82) is 0 Å². The van der Waals surface area contributed by atoms with Gasteiger partial charge in [0.25, 0.3) is 5.91 Å². The van der Waals surface area contributed by atoms with Gasteiger partial charge in [-0.1, -0.05) is 13.8 Å². The molecule has 1 aromatic heterocycles. The summed E-state index contributed by atoms with van der Waals surface area (Å²) in [7, 11) is 0. The average Bonchev–Trinajstić information content (AvgIpc) is 2.38. The van der Waals surface area contributed by atoms with E-state index in [0.717, 1.165) is 17.4 Å². The molecule has 0 aliphatic carbocycles. The highest BCUT2D eigenvalue weighted by Gasteiger charge is 2.17. The standard InChI is InChI=1S/C13H19BrN2O2/c1-4-10(5-2)16-13(17)9(3)18-11-6-7-12(14)15-8-11/h6-10H,4-5H2,1-3H3,(H,16,17). The lowest BCUT2D eigenvalue weighted by molar-refractivity contribution is -0.128. The molecule has 5 heteroatoms. The SMILES string of the molecule is CCC(CC)NC(=O)C(C)Oc1ccc(Br)nc1. The maximum Gasteiger partial charge on any atom is 0.260 e. The van der Waals surface area contributed by atoms with Crippen molar-refractivity contribution in [3.8, 4) is 5.75 Å². The molecule has 0 radical (unpaired) electrons. The van der Waals surface area contributed by atoms with Crippen molar-refractivity contribution < 1.29 is 9.53 Å². The number of amides is 1. The number of ether oxygens (including phenoxy) is 1.